The van der Waals surface area contributed by atoms with E-state index in [1.54, 1.807) is 55.5 Å². The molecule has 2 aromatic rings. The molecule has 0 aliphatic carbocycles. The van der Waals surface area contributed by atoms with Gasteiger partial charge < -0.3 is 10.1 Å². The maximum atomic E-state index is 12.2. The number of hydrogen-bond acceptors (Lipinski definition) is 4. The number of hydrogen-bond donors (Lipinski definition) is 2. The Morgan fingerprint density at radius 3 is 1.83 bits per heavy atom. The van der Waals surface area contributed by atoms with Crippen molar-refractivity contribution in [1.29, 1.82) is 0 Å². The number of benzene rings is 2. The lowest BCUT2D eigenvalue weighted by Gasteiger charge is -2.08. The molecule has 2 amide bonds. The van der Waals surface area contributed by atoms with Crippen LogP contribution in [-0.2, 0) is 4.74 Å². The predicted octanol–water partition coefficient (Wildman–Crippen LogP) is 3.71. The average Bonchev–Trinajstić information content (AvgIpc) is 2.56. The first-order chi connectivity index (χ1) is 11.5. The third-order valence-electron chi connectivity index (χ3n) is 3.22. The standard InChI is InChI=1S/C18H18N2O4/c1-3-24-18(23)20-16-10-6-14(7-11-16)17(22)19-15-8-4-13(5-9-15)12(2)21/h4-11H,3H2,1-2H3,(H,19,22)(H,20,23). The Morgan fingerprint density at radius 1 is 0.833 bits per heavy atom. The van der Waals surface area contributed by atoms with Gasteiger partial charge in [-0.1, -0.05) is 0 Å². The molecule has 2 rings (SSSR count). The zero-order valence-corrected chi connectivity index (χ0v) is 13.5. The van der Waals surface area contributed by atoms with Crippen LogP contribution in [0.3, 0.4) is 0 Å². The highest BCUT2D eigenvalue weighted by atomic mass is 16.5. The van der Waals surface area contributed by atoms with Crippen LogP contribution in [0.1, 0.15) is 34.6 Å². The molecule has 0 aliphatic rings. The molecule has 2 aromatic carbocycles. The van der Waals surface area contributed by atoms with Crippen molar-refractivity contribution in [2.24, 2.45) is 0 Å². The van der Waals surface area contributed by atoms with E-state index in [9.17, 15) is 14.4 Å². The molecule has 0 radical (unpaired) electrons. The van der Waals surface area contributed by atoms with Crippen molar-refractivity contribution < 1.29 is 19.1 Å². The molecule has 2 N–H and O–H groups in total. The lowest BCUT2D eigenvalue weighted by Crippen LogP contribution is -2.14. The summed E-state index contributed by atoms with van der Waals surface area (Å²) in [5.74, 6) is -0.314. The molecule has 0 bridgehead atoms. The van der Waals surface area contributed by atoms with Crippen molar-refractivity contribution in [3.05, 3.63) is 59.7 Å². The summed E-state index contributed by atoms with van der Waals surface area (Å²) in [6, 6.07) is 13.1. The minimum absolute atomic E-state index is 0.0300. The lowest BCUT2D eigenvalue weighted by atomic mass is 10.1. The summed E-state index contributed by atoms with van der Waals surface area (Å²) >= 11 is 0. The predicted molar refractivity (Wildman–Crippen MR) is 91.5 cm³/mol. The largest absolute Gasteiger partial charge is 0.450 e. The number of amides is 2. The van der Waals surface area contributed by atoms with Crippen LogP contribution < -0.4 is 10.6 Å². The zero-order valence-electron chi connectivity index (χ0n) is 13.5. The van der Waals surface area contributed by atoms with E-state index < -0.39 is 6.09 Å². The summed E-state index contributed by atoms with van der Waals surface area (Å²) in [6.45, 7) is 3.49. The molecule has 0 aromatic heterocycles. The Morgan fingerprint density at radius 2 is 1.33 bits per heavy atom. The van der Waals surface area contributed by atoms with Gasteiger partial charge in [-0.15, -0.1) is 0 Å². The van der Waals surface area contributed by atoms with Gasteiger partial charge in [0.25, 0.3) is 5.91 Å². The minimum atomic E-state index is -0.541. The van der Waals surface area contributed by atoms with Gasteiger partial charge in [-0.2, -0.15) is 0 Å². The second-order valence-electron chi connectivity index (χ2n) is 5.01. The zero-order chi connectivity index (χ0) is 17.5. The molecule has 24 heavy (non-hydrogen) atoms. The van der Waals surface area contributed by atoms with Gasteiger partial charge in [-0.05, 0) is 62.4 Å². The van der Waals surface area contributed by atoms with Gasteiger partial charge in [0.1, 0.15) is 0 Å². The molecule has 0 atom stereocenters. The lowest BCUT2D eigenvalue weighted by molar-refractivity contribution is 0.101. The van der Waals surface area contributed by atoms with E-state index in [0.29, 0.717) is 22.5 Å². The Hall–Kier alpha value is -3.15. The third kappa shape index (κ3) is 4.67. The van der Waals surface area contributed by atoms with Gasteiger partial charge in [0.2, 0.25) is 0 Å². The van der Waals surface area contributed by atoms with Crippen LogP contribution in [0.5, 0.6) is 0 Å². The van der Waals surface area contributed by atoms with Gasteiger partial charge in [0, 0.05) is 22.5 Å². The third-order valence-corrected chi connectivity index (χ3v) is 3.22. The van der Waals surface area contributed by atoms with Crippen LogP contribution >= 0.6 is 0 Å². The van der Waals surface area contributed by atoms with Crippen LogP contribution in [0.15, 0.2) is 48.5 Å². The van der Waals surface area contributed by atoms with Crippen molar-refractivity contribution in [2.45, 2.75) is 13.8 Å². The van der Waals surface area contributed by atoms with Crippen LogP contribution in [-0.4, -0.2) is 24.4 Å². The summed E-state index contributed by atoms with van der Waals surface area (Å²) in [7, 11) is 0. The number of carbonyl (C=O) groups excluding carboxylic acids is 3. The van der Waals surface area contributed by atoms with Crippen molar-refractivity contribution in [2.75, 3.05) is 17.2 Å². The molecule has 0 fully saturated rings. The molecular formula is C18H18N2O4. The highest BCUT2D eigenvalue weighted by Crippen LogP contribution is 2.14. The van der Waals surface area contributed by atoms with Gasteiger partial charge in [-0.25, -0.2) is 4.79 Å². The van der Waals surface area contributed by atoms with Crippen molar-refractivity contribution >= 4 is 29.2 Å². The second kappa shape index (κ2) is 7.92. The van der Waals surface area contributed by atoms with E-state index in [-0.39, 0.29) is 18.3 Å². The summed E-state index contributed by atoms with van der Waals surface area (Å²) in [5, 5.41) is 5.29. The van der Waals surface area contributed by atoms with Crippen LogP contribution in [0.4, 0.5) is 16.2 Å². The number of anilines is 2. The van der Waals surface area contributed by atoms with Gasteiger partial charge in [0.05, 0.1) is 6.61 Å². The van der Waals surface area contributed by atoms with Gasteiger partial charge >= 0.3 is 6.09 Å². The molecular weight excluding hydrogens is 308 g/mol. The number of Topliss-reactive ketones (excluding diaryl/α,β-unsaturated/α-hetero) is 1. The molecule has 0 saturated heterocycles. The molecule has 0 unspecified atom stereocenters. The van der Waals surface area contributed by atoms with Gasteiger partial charge in [-0.3, -0.25) is 14.9 Å². The SMILES string of the molecule is CCOC(=O)Nc1ccc(C(=O)Nc2ccc(C(C)=O)cc2)cc1. The molecule has 6 heteroatoms. The molecule has 0 aliphatic heterocycles. The topological polar surface area (TPSA) is 84.5 Å². The Bertz CT molecular complexity index is 737. The monoisotopic (exact) mass is 326 g/mol. The van der Waals surface area contributed by atoms with E-state index >= 15 is 0 Å². The average molecular weight is 326 g/mol. The smallest absolute Gasteiger partial charge is 0.411 e. The highest BCUT2D eigenvalue weighted by Gasteiger charge is 2.08. The summed E-state index contributed by atoms with van der Waals surface area (Å²) in [6.07, 6.45) is -0.541. The molecule has 6 nitrogen and oxygen atoms in total. The van der Waals surface area contributed by atoms with E-state index in [2.05, 4.69) is 10.6 Å². The first kappa shape index (κ1) is 17.2. The van der Waals surface area contributed by atoms with E-state index in [1.807, 2.05) is 0 Å². The van der Waals surface area contributed by atoms with Crippen LogP contribution in [0, 0.1) is 0 Å². The van der Waals surface area contributed by atoms with Crippen LogP contribution in [0.25, 0.3) is 0 Å². The maximum Gasteiger partial charge on any atom is 0.411 e. The van der Waals surface area contributed by atoms with E-state index in [0.717, 1.165) is 0 Å². The number of rotatable bonds is 5. The van der Waals surface area contributed by atoms with Crippen molar-refractivity contribution in [3.8, 4) is 0 Å². The fourth-order valence-electron chi connectivity index (χ4n) is 1.98. The molecule has 0 saturated carbocycles. The maximum absolute atomic E-state index is 12.2. The molecule has 0 heterocycles. The number of ketones is 1. The van der Waals surface area contributed by atoms with E-state index in [4.69, 9.17) is 4.74 Å². The van der Waals surface area contributed by atoms with Crippen molar-refractivity contribution in [3.63, 3.8) is 0 Å². The van der Waals surface area contributed by atoms with Gasteiger partial charge in [0.15, 0.2) is 5.78 Å². The summed E-state index contributed by atoms with van der Waals surface area (Å²) < 4.78 is 4.78. The molecule has 0 spiro atoms. The minimum Gasteiger partial charge on any atom is -0.450 e. The fraction of sp³-hybridized carbons (Fsp3) is 0.167. The quantitative estimate of drug-likeness (QED) is 0.820. The fourth-order valence-corrected chi connectivity index (χ4v) is 1.98. The van der Waals surface area contributed by atoms with E-state index in [1.165, 1.54) is 6.92 Å². The normalized spacial score (nSPS) is 9.92. The van der Waals surface area contributed by atoms with Crippen LogP contribution in [0.2, 0.25) is 0 Å². The summed E-state index contributed by atoms with van der Waals surface area (Å²) in [4.78, 5) is 34.7. The number of carbonyl (C=O) groups is 3. The van der Waals surface area contributed by atoms with Crippen molar-refractivity contribution in [1.82, 2.24) is 0 Å². The Balaban J connectivity index is 1.99. The Kier molecular flexibility index (Phi) is 5.68. The Labute approximate surface area is 139 Å². The number of nitrogens with one attached hydrogen (secondary N) is 2. The second-order valence-corrected chi connectivity index (χ2v) is 5.01. The first-order valence-corrected chi connectivity index (χ1v) is 7.46. The number of ether oxygens (including phenoxy) is 1. The highest BCUT2D eigenvalue weighted by molar-refractivity contribution is 6.05. The first-order valence-electron chi connectivity index (χ1n) is 7.46. The summed E-state index contributed by atoms with van der Waals surface area (Å²) in [5.41, 5.74) is 2.16. The molecule has 124 valence electrons.